The Balaban J connectivity index is 1.80. The lowest BCUT2D eigenvalue weighted by Gasteiger charge is -2.29. The van der Waals surface area contributed by atoms with E-state index in [0.717, 1.165) is 35.5 Å². The van der Waals surface area contributed by atoms with Crippen molar-refractivity contribution in [1.82, 2.24) is 9.97 Å². The summed E-state index contributed by atoms with van der Waals surface area (Å²) in [7, 11) is 0. The van der Waals surface area contributed by atoms with Crippen LogP contribution in [0.2, 0.25) is 0 Å². The Morgan fingerprint density at radius 3 is 2.55 bits per heavy atom. The molecule has 1 aliphatic rings. The SMILES string of the molecule is N#CCCCCC1(Cc2ccncn2)C(=O)N(c2ccccc2)c2ccccc21. The number of nitrogens with zero attached hydrogens (tertiary/aromatic N) is 4. The van der Waals surface area contributed by atoms with E-state index in [-0.39, 0.29) is 5.91 Å². The highest BCUT2D eigenvalue weighted by Gasteiger charge is 2.50. The second kappa shape index (κ2) is 8.24. The van der Waals surface area contributed by atoms with Crippen molar-refractivity contribution in [2.24, 2.45) is 0 Å². The number of hydrogen-bond donors (Lipinski definition) is 0. The number of fused-ring (bicyclic) bond motifs is 1. The number of nitriles is 1. The molecule has 0 radical (unpaired) electrons. The lowest BCUT2D eigenvalue weighted by Crippen LogP contribution is -2.40. The van der Waals surface area contributed by atoms with Crippen molar-refractivity contribution >= 4 is 17.3 Å². The average Bonchev–Trinajstić information content (AvgIpc) is 3.01. The topological polar surface area (TPSA) is 69.9 Å². The van der Waals surface area contributed by atoms with Gasteiger partial charge in [0.05, 0.1) is 17.2 Å². The summed E-state index contributed by atoms with van der Waals surface area (Å²) in [5.41, 5.74) is 2.98. The fourth-order valence-electron chi connectivity index (χ4n) is 4.21. The zero-order valence-electron chi connectivity index (χ0n) is 16.2. The highest BCUT2D eigenvalue weighted by molar-refractivity contribution is 6.13. The Bertz CT molecular complexity index is 1030. The Morgan fingerprint density at radius 1 is 1.00 bits per heavy atom. The number of rotatable bonds is 7. The van der Waals surface area contributed by atoms with Gasteiger partial charge in [-0.25, -0.2) is 9.97 Å². The number of para-hydroxylation sites is 2. The molecule has 29 heavy (non-hydrogen) atoms. The zero-order chi connectivity index (χ0) is 20.1. The van der Waals surface area contributed by atoms with Crippen LogP contribution in [-0.2, 0) is 16.6 Å². The number of hydrogen-bond acceptors (Lipinski definition) is 4. The van der Waals surface area contributed by atoms with E-state index in [9.17, 15) is 4.79 Å². The second-order valence-corrected chi connectivity index (χ2v) is 7.32. The van der Waals surface area contributed by atoms with Crippen molar-refractivity contribution in [1.29, 1.82) is 5.26 Å². The maximum absolute atomic E-state index is 14.0. The summed E-state index contributed by atoms with van der Waals surface area (Å²) in [6.07, 6.45) is 6.52. The van der Waals surface area contributed by atoms with Crippen LogP contribution in [0, 0.1) is 11.3 Å². The zero-order valence-corrected chi connectivity index (χ0v) is 16.2. The monoisotopic (exact) mass is 382 g/mol. The first kappa shape index (κ1) is 18.8. The molecule has 0 spiro atoms. The van der Waals surface area contributed by atoms with E-state index in [2.05, 4.69) is 22.1 Å². The molecule has 1 aromatic heterocycles. The van der Waals surface area contributed by atoms with E-state index in [1.165, 1.54) is 6.33 Å². The lowest BCUT2D eigenvalue weighted by molar-refractivity contribution is -0.122. The summed E-state index contributed by atoms with van der Waals surface area (Å²) in [4.78, 5) is 24.2. The maximum atomic E-state index is 14.0. The van der Waals surface area contributed by atoms with Crippen LogP contribution in [0.1, 0.15) is 36.9 Å². The number of carbonyl (C=O) groups is 1. The van der Waals surface area contributed by atoms with Gasteiger partial charge in [-0.2, -0.15) is 5.26 Å². The first-order valence-corrected chi connectivity index (χ1v) is 9.87. The summed E-state index contributed by atoms with van der Waals surface area (Å²) >= 11 is 0. The molecule has 4 rings (SSSR count). The van der Waals surface area contributed by atoms with Crippen LogP contribution in [0.15, 0.2) is 73.2 Å². The minimum atomic E-state index is -0.698. The third-order valence-corrected chi connectivity index (χ3v) is 5.56. The summed E-state index contributed by atoms with van der Waals surface area (Å²) < 4.78 is 0. The van der Waals surface area contributed by atoms with Crippen LogP contribution >= 0.6 is 0 Å². The smallest absolute Gasteiger partial charge is 0.242 e. The van der Waals surface area contributed by atoms with Crippen molar-refractivity contribution in [3.8, 4) is 6.07 Å². The van der Waals surface area contributed by atoms with Crippen molar-refractivity contribution in [2.75, 3.05) is 4.90 Å². The average molecular weight is 382 g/mol. The van der Waals surface area contributed by atoms with Crippen LogP contribution in [0.25, 0.3) is 0 Å². The van der Waals surface area contributed by atoms with Gasteiger partial charge in [0.25, 0.3) is 0 Å². The number of benzene rings is 2. The summed E-state index contributed by atoms with van der Waals surface area (Å²) in [6, 6.07) is 21.9. The molecule has 144 valence electrons. The van der Waals surface area contributed by atoms with E-state index in [0.29, 0.717) is 19.3 Å². The van der Waals surface area contributed by atoms with Gasteiger partial charge in [-0.05, 0) is 42.7 Å². The molecule has 2 aromatic carbocycles. The third kappa shape index (κ3) is 3.50. The molecular weight excluding hydrogens is 360 g/mol. The Kier molecular flexibility index (Phi) is 5.35. The van der Waals surface area contributed by atoms with E-state index >= 15 is 0 Å². The predicted octanol–water partition coefficient (Wildman–Crippen LogP) is 4.72. The van der Waals surface area contributed by atoms with Gasteiger partial charge in [0.1, 0.15) is 6.33 Å². The maximum Gasteiger partial charge on any atom is 0.242 e. The van der Waals surface area contributed by atoms with Crippen LogP contribution in [-0.4, -0.2) is 15.9 Å². The number of aromatic nitrogens is 2. The molecule has 0 saturated carbocycles. The lowest BCUT2D eigenvalue weighted by atomic mass is 9.73. The summed E-state index contributed by atoms with van der Waals surface area (Å²) in [5, 5.41) is 8.92. The minimum absolute atomic E-state index is 0.0699. The largest absolute Gasteiger partial charge is 0.280 e. The van der Waals surface area contributed by atoms with E-state index < -0.39 is 5.41 Å². The molecule has 5 nitrogen and oxygen atoms in total. The first-order chi connectivity index (χ1) is 14.3. The fraction of sp³-hybridized carbons (Fsp3) is 0.250. The van der Waals surface area contributed by atoms with Gasteiger partial charge in [0.2, 0.25) is 5.91 Å². The van der Waals surface area contributed by atoms with E-state index in [1.54, 1.807) is 6.20 Å². The highest BCUT2D eigenvalue weighted by atomic mass is 16.2. The van der Waals surface area contributed by atoms with Gasteiger partial charge in [0, 0.05) is 30.4 Å². The van der Waals surface area contributed by atoms with Crippen molar-refractivity contribution < 1.29 is 4.79 Å². The molecule has 0 aliphatic carbocycles. The van der Waals surface area contributed by atoms with Gasteiger partial charge >= 0.3 is 0 Å². The van der Waals surface area contributed by atoms with Gasteiger partial charge in [-0.1, -0.05) is 42.8 Å². The molecule has 1 aliphatic heterocycles. The Morgan fingerprint density at radius 2 is 1.79 bits per heavy atom. The molecule has 0 fully saturated rings. The van der Waals surface area contributed by atoms with Crippen LogP contribution in [0.3, 0.4) is 0 Å². The molecule has 1 unspecified atom stereocenters. The Hall–Kier alpha value is -3.52. The standard InChI is InChI=1S/C24H22N4O/c25-15-8-2-7-14-24(17-19-13-16-26-18-27-19)21-11-5-6-12-22(21)28(23(24)29)20-9-3-1-4-10-20/h1,3-6,9-13,16,18H,2,7-8,14,17H2. The van der Waals surface area contributed by atoms with Crippen molar-refractivity contribution in [2.45, 2.75) is 37.5 Å². The second-order valence-electron chi connectivity index (χ2n) is 7.32. The van der Waals surface area contributed by atoms with Gasteiger partial charge in [0.15, 0.2) is 0 Å². The molecule has 2 heterocycles. The number of carbonyl (C=O) groups excluding carboxylic acids is 1. The number of anilines is 2. The quantitative estimate of drug-likeness (QED) is 0.555. The van der Waals surface area contributed by atoms with E-state index in [4.69, 9.17) is 5.26 Å². The predicted molar refractivity (Wildman–Crippen MR) is 112 cm³/mol. The van der Waals surface area contributed by atoms with Crippen molar-refractivity contribution in [3.05, 3.63) is 84.4 Å². The van der Waals surface area contributed by atoms with Crippen molar-refractivity contribution in [3.63, 3.8) is 0 Å². The molecule has 0 saturated heterocycles. The highest BCUT2D eigenvalue weighted by Crippen LogP contribution is 2.49. The Labute approximate surface area is 170 Å². The molecule has 5 heteroatoms. The number of unbranched alkanes of at least 4 members (excludes halogenated alkanes) is 2. The number of amides is 1. The van der Waals surface area contributed by atoms with Crippen LogP contribution in [0.4, 0.5) is 11.4 Å². The van der Waals surface area contributed by atoms with Gasteiger partial charge in [-0.15, -0.1) is 0 Å². The van der Waals surface area contributed by atoms with E-state index in [1.807, 2.05) is 59.5 Å². The first-order valence-electron chi connectivity index (χ1n) is 9.87. The van der Waals surface area contributed by atoms with Gasteiger partial charge < -0.3 is 0 Å². The molecule has 1 atom stereocenters. The minimum Gasteiger partial charge on any atom is -0.280 e. The van der Waals surface area contributed by atoms with Gasteiger partial charge in [-0.3, -0.25) is 9.69 Å². The normalized spacial score (nSPS) is 17.8. The third-order valence-electron chi connectivity index (χ3n) is 5.56. The molecular formula is C24H22N4O. The fourth-order valence-corrected chi connectivity index (χ4v) is 4.21. The summed E-state index contributed by atoms with van der Waals surface area (Å²) in [6.45, 7) is 0. The molecule has 0 bridgehead atoms. The summed E-state index contributed by atoms with van der Waals surface area (Å²) in [5.74, 6) is 0.0699. The van der Waals surface area contributed by atoms with Crippen LogP contribution < -0.4 is 4.90 Å². The molecule has 0 N–H and O–H groups in total. The molecule has 3 aromatic rings. The molecule has 1 amide bonds. The van der Waals surface area contributed by atoms with Crippen LogP contribution in [0.5, 0.6) is 0 Å².